The fraction of sp³-hybridized carbons (Fsp3) is 0.115. The number of nitrogens with one attached hydrogen (secondary N) is 1. The van der Waals surface area contributed by atoms with E-state index in [1.807, 2.05) is 30.3 Å². The van der Waals surface area contributed by atoms with Crippen LogP contribution in [0.2, 0.25) is 0 Å². The predicted octanol–water partition coefficient (Wildman–Crippen LogP) is 5.44. The molecule has 2 aromatic heterocycles. The van der Waals surface area contributed by atoms with Gasteiger partial charge in [0.2, 0.25) is 0 Å². The number of carbonyl (C=O) groups excluding carboxylic acids is 1. The van der Waals surface area contributed by atoms with Crippen LogP contribution in [0.25, 0.3) is 11.3 Å². The van der Waals surface area contributed by atoms with Crippen molar-refractivity contribution in [3.63, 3.8) is 0 Å². The number of aromatic nitrogens is 1. The van der Waals surface area contributed by atoms with Crippen LogP contribution in [-0.4, -0.2) is 23.2 Å². The fourth-order valence-electron chi connectivity index (χ4n) is 4.19. The molecule has 34 heavy (non-hydrogen) atoms. The average molecular weight is 474 g/mol. The Balaban J connectivity index is 1.62. The lowest BCUT2D eigenvalue weighted by Crippen LogP contribution is -2.30. The molecule has 0 bridgehead atoms. The van der Waals surface area contributed by atoms with Gasteiger partial charge in [0.25, 0.3) is 0 Å². The number of carbonyl (C=O) groups is 1. The zero-order valence-electron chi connectivity index (χ0n) is 18.1. The second kappa shape index (κ2) is 9.07. The fourth-order valence-corrected chi connectivity index (χ4v) is 4.53. The maximum Gasteiger partial charge on any atom is 0.338 e. The Hall–Kier alpha value is -4.04. The highest BCUT2D eigenvalue weighted by Gasteiger charge is 2.43. The standard InChI is InChI=1S/C26H20FN3O3S/c1-32-25(31)17-9-3-2-8-16(17)21-13-14-22(33-21)24-23(19-11-6-7-15-28-19)29-26(34)30(24)20-12-5-4-10-18(20)27/h2-15,23-24H,1H3,(H,29,34)/t23-,24-/m1/s1. The molecule has 6 nitrogen and oxygen atoms in total. The molecule has 2 atom stereocenters. The number of pyridine rings is 1. The number of esters is 1. The van der Waals surface area contributed by atoms with Gasteiger partial charge < -0.3 is 19.4 Å². The number of para-hydroxylation sites is 1. The lowest BCUT2D eigenvalue weighted by molar-refractivity contribution is 0.0601. The van der Waals surface area contributed by atoms with Crippen molar-refractivity contribution in [1.82, 2.24) is 10.3 Å². The normalized spacial score (nSPS) is 17.5. The Morgan fingerprint density at radius 2 is 1.82 bits per heavy atom. The summed E-state index contributed by atoms with van der Waals surface area (Å²) in [6, 6.07) is 21.8. The third-order valence-corrected chi connectivity index (χ3v) is 6.04. The largest absolute Gasteiger partial charge is 0.465 e. The van der Waals surface area contributed by atoms with Crippen molar-refractivity contribution in [3.8, 4) is 11.3 Å². The molecule has 0 amide bonds. The van der Waals surface area contributed by atoms with Gasteiger partial charge in [0.15, 0.2) is 5.11 Å². The molecular weight excluding hydrogens is 453 g/mol. The summed E-state index contributed by atoms with van der Waals surface area (Å²) in [7, 11) is 1.33. The molecule has 1 N–H and O–H groups in total. The number of anilines is 1. The molecule has 5 rings (SSSR count). The van der Waals surface area contributed by atoms with Crippen molar-refractivity contribution in [3.05, 3.63) is 108 Å². The van der Waals surface area contributed by atoms with E-state index in [9.17, 15) is 9.18 Å². The molecule has 1 aliphatic rings. The van der Waals surface area contributed by atoms with Gasteiger partial charge >= 0.3 is 5.97 Å². The molecule has 1 aliphatic heterocycles. The molecule has 0 unspecified atom stereocenters. The number of nitrogens with zero attached hydrogens (tertiary/aromatic N) is 2. The maximum atomic E-state index is 14.9. The predicted molar refractivity (Wildman–Crippen MR) is 130 cm³/mol. The first kappa shape index (κ1) is 21.8. The first-order valence-electron chi connectivity index (χ1n) is 10.6. The number of thiocarbonyl (C=S) groups is 1. The monoisotopic (exact) mass is 473 g/mol. The van der Waals surface area contributed by atoms with E-state index in [1.165, 1.54) is 13.2 Å². The minimum absolute atomic E-state index is 0.330. The smallest absolute Gasteiger partial charge is 0.338 e. The zero-order valence-corrected chi connectivity index (χ0v) is 19.0. The Labute approximate surface area is 201 Å². The summed E-state index contributed by atoms with van der Waals surface area (Å²) in [6.45, 7) is 0. The third kappa shape index (κ3) is 3.82. The van der Waals surface area contributed by atoms with E-state index in [0.717, 1.165) is 5.69 Å². The van der Waals surface area contributed by atoms with Gasteiger partial charge in [-0.1, -0.05) is 36.4 Å². The van der Waals surface area contributed by atoms with E-state index in [1.54, 1.807) is 53.6 Å². The van der Waals surface area contributed by atoms with Crippen LogP contribution >= 0.6 is 12.2 Å². The number of furan rings is 1. The summed E-state index contributed by atoms with van der Waals surface area (Å²) >= 11 is 5.62. The molecule has 4 aromatic rings. The van der Waals surface area contributed by atoms with Gasteiger partial charge in [0.1, 0.15) is 23.4 Å². The van der Waals surface area contributed by atoms with Crippen molar-refractivity contribution < 1.29 is 18.3 Å². The van der Waals surface area contributed by atoms with Crippen molar-refractivity contribution >= 4 is 29.0 Å². The van der Waals surface area contributed by atoms with Crippen molar-refractivity contribution in [2.24, 2.45) is 0 Å². The van der Waals surface area contributed by atoms with Crippen molar-refractivity contribution in [1.29, 1.82) is 0 Å². The summed E-state index contributed by atoms with van der Waals surface area (Å²) in [5.41, 5.74) is 2.05. The third-order valence-electron chi connectivity index (χ3n) is 5.73. The van der Waals surface area contributed by atoms with Gasteiger partial charge in [-0.3, -0.25) is 4.98 Å². The maximum absolute atomic E-state index is 14.9. The van der Waals surface area contributed by atoms with E-state index < -0.39 is 17.8 Å². The number of halogens is 1. The van der Waals surface area contributed by atoms with Gasteiger partial charge in [-0.15, -0.1) is 0 Å². The molecule has 170 valence electrons. The number of hydrogen-bond acceptors (Lipinski definition) is 5. The molecule has 0 spiro atoms. The minimum Gasteiger partial charge on any atom is -0.465 e. The van der Waals surface area contributed by atoms with E-state index in [-0.39, 0.29) is 6.04 Å². The number of ether oxygens (including phenoxy) is 1. The molecule has 1 saturated heterocycles. The highest BCUT2D eigenvalue weighted by molar-refractivity contribution is 7.80. The van der Waals surface area contributed by atoms with Gasteiger partial charge in [-0.25, -0.2) is 9.18 Å². The molecule has 0 saturated carbocycles. The van der Waals surface area contributed by atoms with E-state index in [4.69, 9.17) is 21.4 Å². The molecule has 3 heterocycles. The summed E-state index contributed by atoms with van der Waals surface area (Å²) in [4.78, 5) is 18.5. The lowest BCUT2D eigenvalue weighted by Gasteiger charge is -2.26. The van der Waals surface area contributed by atoms with Gasteiger partial charge in [-0.2, -0.15) is 0 Å². The summed E-state index contributed by atoms with van der Waals surface area (Å²) in [6.07, 6.45) is 1.70. The molecular formula is C26H20FN3O3S. The average Bonchev–Trinajstić information content (AvgIpc) is 3.49. The lowest BCUT2D eigenvalue weighted by atomic mass is 10.0. The highest BCUT2D eigenvalue weighted by Crippen LogP contribution is 2.43. The Kier molecular flexibility index (Phi) is 5.81. The summed E-state index contributed by atoms with van der Waals surface area (Å²) in [5.74, 6) is 0.167. The molecule has 8 heteroatoms. The molecule has 2 aromatic carbocycles. The van der Waals surface area contributed by atoms with Crippen LogP contribution in [0.1, 0.15) is 33.9 Å². The first-order chi connectivity index (χ1) is 16.6. The molecule has 0 aliphatic carbocycles. The molecule has 1 fully saturated rings. The Morgan fingerprint density at radius 3 is 2.59 bits per heavy atom. The topological polar surface area (TPSA) is 67.6 Å². The quantitative estimate of drug-likeness (QED) is 0.306. The van der Waals surface area contributed by atoms with E-state index in [0.29, 0.717) is 33.4 Å². The van der Waals surface area contributed by atoms with E-state index >= 15 is 0 Å². The van der Waals surface area contributed by atoms with Crippen molar-refractivity contribution in [2.75, 3.05) is 12.0 Å². The van der Waals surface area contributed by atoms with Crippen LogP contribution in [0.3, 0.4) is 0 Å². The SMILES string of the molecule is COC(=O)c1ccccc1-c1ccc([C@@H]2[C@@H](c3ccccn3)NC(=S)N2c2ccccc2F)o1. The van der Waals surface area contributed by atoms with Crippen molar-refractivity contribution in [2.45, 2.75) is 12.1 Å². The second-order valence-corrected chi connectivity index (χ2v) is 8.07. The zero-order chi connectivity index (χ0) is 23.7. The highest BCUT2D eigenvalue weighted by atomic mass is 32.1. The number of hydrogen-bond donors (Lipinski definition) is 1. The number of benzene rings is 2. The van der Waals surface area contributed by atoms with Crippen LogP contribution in [0.4, 0.5) is 10.1 Å². The van der Waals surface area contributed by atoms with Crippen LogP contribution in [-0.2, 0) is 4.74 Å². The summed E-state index contributed by atoms with van der Waals surface area (Å²) in [5, 5.41) is 3.64. The van der Waals surface area contributed by atoms with Crippen LogP contribution in [0.5, 0.6) is 0 Å². The number of methoxy groups -OCH3 is 1. The summed E-state index contributed by atoms with van der Waals surface area (Å²) < 4.78 is 26.1. The minimum atomic E-state index is -0.515. The number of rotatable bonds is 5. The van der Waals surface area contributed by atoms with Crippen LogP contribution in [0.15, 0.2) is 89.5 Å². The van der Waals surface area contributed by atoms with Crippen LogP contribution < -0.4 is 10.2 Å². The molecule has 0 radical (unpaired) electrons. The van der Waals surface area contributed by atoms with Gasteiger partial charge in [0.05, 0.1) is 30.1 Å². The van der Waals surface area contributed by atoms with E-state index in [2.05, 4.69) is 10.3 Å². The van der Waals surface area contributed by atoms with Gasteiger partial charge in [0, 0.05) is 11.8 Å². The Bertz CT molecular complexity index is 1360. The Morgan fingerprint density at radius 1 is 1.06 bits per heavy atom. The second-order valence-electron chi connectivity index (χ2n) is 7.69. The van der Waals surface area contributed by atoms with Crippen LogP contribution in [0, 0.1) is 5.82 Å². The van der Waals surface area contributed by atoms with Gasteiger partial charge in [-0.05, 0) is 54.7 Å². The first-order valence-corrected chi connectivity index (χ1v) is 11.0.